The third-order valence-electron chi connectivity index (χ3n) is 2.27. The molecule has 15 heavy (non-hydrogen) atoms. The van der Waals surface area contributed by atoms with Crippen molar-refractivity contribution in [2.45, 2.75) is 18.7 Å². The number of halogens is 1. The maximum atomic E-state index is 5.59. The number of alkyl halides is 1. The van der Waals surface area contributed by atoms with E-state index in [9.17, 15) is 0 Å². The number of hydrogen-bond donors (Lipinski definition) is 0. The van der Waals surface area contributed by atoms with E-state index in [1.54, 1.807) is 0 Å². The van der Waals surface area contributed by atoms with Gasteiger partial charge in [0.2, 0.25) is 11.8 Å². The van der Waals surface area contributed by atoms with Gasteiger partial charge in [0.15, 0.2) is 0 Å². The Morgan fingerprint density at radius 2 is 2.00 bits per heavy atom. The van der Waals surface area contributed by atoms with Gasteiger partial charge in [0.05, 0.1) is 5.92 Å². The molecule has 4 heteroatoms. The summed E-state index contributed by atoms with van der Waals surface area (Å²) >= 11 is 5.59. The van der Waals surface area contributed by atoms with Crippen LogP contribution in [0, 0.1) is 0 Å². The van der Waals surface area contributed by atoms with Gasteiger partial charge >= 0.3 is 0 Å². The molecule has 0 aliphatic carbocycles. The van der Waals surface area contributed by atoms with Gasteiger partial charge in [-0.05, 0) is 12.5 Å². The summed E-state index contributed by atoms with van der Waals surface area (Å²) in [6.45, 7) is 2.03. The minimum absolute atomic E-state index is 0.107. The van der Waals surface area contributed by atoms with Crippen LogP contribution in [0.1, 0.15) is 30.2 Å². The monoisotopic (exact) mass is 222 g/mol. The van der Waals surface area contributed by atoms with E-state index in [0.29, 0.717) is 11.8 Å². The minimum Gasteiger partial charge on any atom is -0.423 e. The van der Waals surface area contributed by atoms with E-state index in [0.717, 1.165) is 5.56 Å². The molecule has 0 bridgehead atoms. The van der Waals surface area contributed by atoms with Crippen LogP contribution in [0.4, 0.5) is 0 Å². The number of benzene rings is 1. The van der Waals surface area contributed by atoms with Crippen LogP contribution in [0.15, 0.2) is 34.7 Å². The fourth-order valence-corrected chi connectivity index (χ4v) is 1.49. The van der Waals surface area contributed by atoms with Crippen LogP contribution >= 0.6 is 11.6 Å². The summed E-state index contributed by atoms with van der Waals surface area (Å²) in [5, 5.41) is 7.79. The molecule has 1 heterocycles. The fourth-order valence-electron chi connectivity index (χ4n) is 1.38. The summed E-state index contributed by atoms with van der Waals surface area (Å²) in [4.78, 5) is 0. The van der Waals surface area contributed by atoms with Gasteiger partial charge in [-0.1, -0.05) is 30.3 Å². The zero-order valence-corrected chi connectivity index (χ0v) is 9.11. The Morgan fingerprint density at radius 3 is 2.60 bits per heavy atom. The van der Waals surface area contributed by atoms with Crippen molar-refractivity contribution < 1.29 is 4.42 Å². The molecule has 0 amide bonds. The van der Waals surface area contributed by atoms with Crippen LogP contribution in [0.25, 0.3) is 0 Å². The fraction of sp³-hybridized carbons (Fsp3) is 0.273. The average molecular weight is 223 g/mol. The van der Waals surface area contributed by atoms with Crippen molar-refractivity contribution in [3.8, 4) is 0 Å². The van der Waals surface area contributed by atoms with Gasteiger partial charge in [-0.3, -0.25) is 0 Å². The van der Waals surface area contributed by atoms with Gasteiger partial charge in [-0.15, -0.1) is 21.8 Å². The van der Waals surface area contributed by atoms with Gasteiger partial charge in [0.25, 0.3) is 0 Å². The topological polar surface area (TPSA) is 38.9 Å². The minimum atomic E-state index is 0.107. The van der Waals surface area contributed by atoms with Crippen LogP contribution in [0.5, 0.6) is 0 Å². The first-order valence-corrected chi connectivity index (χ1v) is 5.28. The van der Waals surface area contributed by atoms with Crippen molar-refractivity contribution in [3.63, 3.8) is 0 Å². The molecule has 0 aliphatic heterocycles. The maximum Gasteiger partial charge on any atom is 0.231 e. The zero-order valence-electron chi connectivity index (χ0n) is 8.35. The summed E-state index contributed by atoms with van der Waals surface area (Å²) in [7, 11) is 0. The van der Waals surface area contributed by atoms with Crippen molar-refractivity contribution in [1.82, 2.24) is 10.2 Å². The van der Waals surface area contributed by atoms with Crippen molar-refractivity contribution in [2.75, 3.05) is 0 Å². The van der Waals surface area contributed by atoms with Crippen LogP contribution < -0.4 is 0 Å². The highest BCUT2D eigenvalue weighted by Gasteiger charge is 2.14. The standard InChI is InChI=1S/C11H11ClN2O/c1-8(9-5-3-2-4-6-9)11-14-13-10(7-12)15-11/h2-6,8H,7H2,1H3/t8-/m0/s1. The smallest absolute Gasteiger partial charge is 0.231 e. The Kier molecular flexibility index (Phi) is 3.02. The molecule has 2 rings (SSSR count). The SMILES string of the molecule is C[C@@H](c1ccccc1)c1nnc(CCl)o1. The molecule has 0 aliphatic rings. The van der Waals surface area contributed by atoms with E-state index < -0.39 is 0 Å². The number of rotatable bonds is 3. The molecule has 0 fully saturated rings. The lowest BCUT2D eigenvalue weighted by atomic mass is 10.0. The van der Waals surface area contributed by atoms with E-state index in [2.05, 4.69) is 10.2 Å². The molecule has 0 N–H and O–H groups in total. The van der Waals surface area contributed by atoms with Crippen molar-refractivity contribution in [1.29, 1.82) is 0 Å². The maximum absolute atomic E-state index is 5.59. The summed E-state index contributed by atoms with van der Waals surface area (Å²) in [6.07, 6.45) is 0. The molecular formula is C11H11ClN2O. The van der Waals surface area contributed by atoms with Gasteiger partial charge in [-0.25, -0.2) is 0 Å². The third-order valence-corrected chi connectivity index (χ3v) is 2.50. The Bertz CT molecular complexity index is 427. The molecular weight excluding hydrogens is 212 g/mol. The highest BCUT2D eigenvalue weighted by atomic mass is 35.5. The molecule has 0 spiro atoms. The Hall–Kier alpha value is -1.35. The van der Waals surface area contributed by atoms with E-state index in [-0.39, 0.29) is 11.8 Å². The molecule has 1 aromatic heterocycles. The van der Waals surface area contributed by atoms with Gasteiger partial charge in [0, 0.05) is 0 Å². The van der Waals surface area contributed by atoms with E-state index in [1.165, 1.54) is 0 Å². The second kappa shape index (κ2) is 4.45. The van der Waals surface area contributed by atoms with Crippen LogP contribution in [-0.2, 0) is 5.88 Å². The molecule has 3 nitrogen and oxygen atoms in total. The molecule has 0 saturated heterocycles. The Morgan fingerprint density at radius 1 is 1.27 bits per heavy atom. The number of hydrogen-bond acceptors (Lipinski definition) is 3. The normalized spacial score (nSPS) is 12.7. The van der Waals surface area contributed by atoms with Crippen molar-refractivity contribution in [2.24, 2.45) is 0 Å². The van der Waals surface area contributed by atoms with Crippen LogP contribution in [0.2, 0.25) is 0 Å². The average Bonchev–Trinajstić information content (AvgIpc) is 2.78. The number of nitrogens with zero attached hydrogens (tertiary/aromatic N) is 2. The lowest BCUT2D eigenvalue weighted by Gasteiger charge is -2.05. The van der Waals surface area contributed by atoms with E-state index in [4.69, 9.17) is 16.0 Å². The molecule has 0 saturated carbocycles. The first kappa shape index (κ1) is 10.2. The number of aromatic nitrogens is 2. The third kappa shape index (κ3) is 2.18. The Balaban J connectivity index is 2.24. The van der Waals surface area contributed by atoms with Gasteiger partial charge in [0.1, 0.15) is 5.88 Å². The van der Waals surface area contributed by atoms with Crippen LogP contribution in [-0.4, -0.2) is 10.2 Å². The summed E-state index contributed by atoms with van der Waals surface area (Å²) < 4.78 is 5.39. The van der Waals surface area contributed by atoms with Crippen LogP contribution in [0.3, 0.4) is 0 Å². The first-order chi connectivity index (χ1) is 7.31. The zero-order chi connectivity index (χ0) is 10.7. The van der Waals surface area contributed by atoms with E-state index >= 15 is 0 Å². The first-order valence-electron chi connectivity index (χ1n) is 4.74. The Labute approximate surface area is 93.1 Å². The van der Waals surface area contributed by atoms with Crippen molar-refractivity contribution in [3.05, 3.63) is 47.7 Å². The second-order valence-corrected chi connectivity index (χ2v) is 3.57. The van der Waals surface area contributed by atoms with Gasteiger partial charge < -0.3 is 4.42 Å². The molecule has 0 unspecified atom stereocenters. The summed E-state index contributed by atoms with van der Waals surface area (Å²) in [6, 6.07) is 10.0. The molecule has 1 atom stereocenters. The molecule has 2 aromatic rings. The highest BCUT2D eigenvalue weighted by Crippen LogP contribution is 2.22. The quantitative estimate of drug-likeness (QED) is 0.750. The molecule has 78 valence electrons. The van der Waals surface area contributed by atoms with Gasteiger partial charge in [-0.2, -0.15) is 0 Å². The predicted molar refractivity (Wildman–Crippen MR) is 57.8 cm³/mol. The second-order valence-electron chi connectivity index (χ2n) is 3.30. The summed E-state index contributed by atoms with van der Waals surface area (Å²) in [5.41, 5.74) is 1.15. The predicted octanol–water partition coefficient (Wildman–Crippen LogP) is 2.96. The highest BCUT2D eigenvalue weighted by molar-refractivity contribution is 6.16. The lowest BCUT2D eigenvalue weighted by Crippen LogP contribution is -1.95. The summed E-state index contributed by atoms with van der Waals surface area (Å²) in [5.74, 6) is 1.44. The van der Waals surface area contributed by atoms with Crippen molar-refractivity contribution >= 4 is 11.6 Å². The lowest BCUT2D eigenvalue weighted by molar-refractivity contribution is 0.452. The largest absolute Gasteiger partial charge is 0.423 e. The van der Waals surface area contributed by atoms with E-state index in [1.807, 2.05) is 37.3 Å². The molecule has 1 aromatic carbocycles. The molecule has 0 radical (unpaired) electrons.